The van der Waals surface area contributed by atoms with Gasteiger partial charge in [-0.2, -0.15) is 0 Å². The Kier molecular flexibility index (Phi) is 6.87. The molecule has 2 amide bonds. The van der Waals surface area contributed by atoms with E-state index in [1.807, 2.05) is 27.2 Å². The fourth-order valence-corrected chi connectivity index (χ4v) is 7.13. The summed E-state index contributed by atoms with van der Waals surface area (Å²) >= 11 is 1.83. The van der Waals surface area contributed by atoms with Crippen LogP contribution in [0.1, 0.15) is 51.9 Å². The number of thiophene rings is 1. The maximum Gasteiger partial charge on any atom is 0.236 e. The monoisotopic (exact) mass is 513 g/mol. The number of benzene rings is 2. The van der Waals surface area contributed by atoms with E-state index < -0.39 is 0 Å². The second-order valence-corrected chi connectivity index (χ2v) is 11.7. The molecule has 1 saturated carbocycles. The van der Waals surface area contributed by atoms with Crippen molar-refractivity contribution in [3.63, 3.8) is 0 Å². The predicted octanol–water partition coefficient (Wildman–Crippen LogP) is 4.87. The molecule has 2 aromatic carbocycles. The fourth-order valence-electron chi connectivity index (χ4n) is 6.23. The summed E-state index contributed by atoms with van der Waals surface area (Å²) in [5.41, 5.74) is 5.18. The molecule has 0 radical (unpaired) electrons. The highest BCUT2D eigenvalue weighted by atomic mass is 32.1. The number of amides is 2. The van der Waals surface area contributed by atoms with Crippen molar-refractivity contribution in [2.45, 2.75) is 38.1 Å². The van der Waals surface area contributed by atoms with E-state index >= 15 is 0 Å². The molecule has 192 valence electrons. The van der Waals surface area contributed by atoms with E-state index in [0.29, 0.717) is 25.6 Å². The number of aryl methyl sites for hydroxylation is 1. The summed E-state index contributed by atoms with van der Waals surface area (Å²) in [5, 5.41) is 2.18. The van der Waals surface area contributed by atoms with Gasteiger partial charge in [-0.25, -0.2) is 0 Å². The molecule has 1 saturated heterocycles. The summed E-state index contributed by atoms with van der Waals surface area (Å²) in [5.74, 6) is 0.908. The molecular formula is C31H35N3O2S. The van der Waals surface area contributed by atoms with Gasteiger partial charge >= 0.3 is 0 Å². The van der Waals surface area contributed by atoms with Crippen LogP contribution in [0, 0.1) is 12.8 Å². The molecule has 3 heterocycles. The van der Waals surface area contributed by atoms with E-state index in [-0.39, 0.29) is 23.8 Å². The topological polar surface area (TPSA) is 43.9 Å². The molecule has 3 atom stereocenters. The lowest BCUT2D eigenvalue weighted by Crippen LogP contribution is -2.45. The average molecular weight is 514 g/mol. The van der Waals surface area contributed by atoms with Crippen LogP contribution in [0.3, 0.4) is 0 Å². The van der Waals surface area contributed by atoms with Crippen LogP contribution in [0.15, 0.2) is 66.0 Å². The predicted molar refractivity (Wildman–Crippen MR) is 148 cm³/mol. The van der Waals surface area contributed by atoms with Crippen molar-refractivity contribution in [2.24, 2.45) is 5.92 Å². The minimum Gasteiger partial charge on any atom is -0.341 e. The Hall–Kier alpha value is -2.96. The minimum atomic E-state index is 0.104. The molecule has 0 N–H and O–H groups in total. The number of carbonyl (C=O) groups is 2. The van der Waals surface area contributed by atoms with Gasteiger partial charge < -0.3 is 9.80 Å². The van der Waals surface area contributed by atoms with Crippen LogP contribution in [0.5, 0.6) is 0 Å². The zero-order chi connectivity index (χ0) is 25.4. The van der Waals surface area contributed by atoms with Crippen LogP contribution in [-0.2, 0) is 16.0 Å². The smallest absolute Gasteiger partial charge is 0.236 e. The van der Waals surface area contributed by atoms with Crippen molar-refractivity contribution in [1.82, 2.24) is 14.7 Å². The molecule has 0 spiro atoms. The second-order valence-electron chi connectivity index (χ2n) is 10.7. The first-order chi connectivity index (χ1) is 18.1. The standard InChI is InChI=1S/C31H35N3O2S/c1-22-8-5-6-11-24(22)30-25-13-19-37-28(25)12-16-34(30)21-29(35)32-14-7-15-33(18-17-32)31(36)27-20-26(27)23-9-3-2-4-10-23/h2-6,8-11,13,19,26-27,30H,7,12,14-18,20-21H2,1H3/t26-,27?,30?/m0/s1. The minimum absolute atomic E-state index is 0.104. The number of nitrogens with zero attached hydrogens (tertiary/aromatic N) is 3. The molecule has 37 heavy (non-hydrogen) atoms. The number of hydrogen-bond donors (Lipinski definition) is 0. The quantitative estimate of drug-likeness (QED) is 0.489. The highest BCUT2D eigenvalue weighted by molar-refractivity contribution is 7.10. The molecule has 3 aromatic rings. The lowest BCUT2D eigenvalue weighted by molar-refractivity contribution is -0.135. The van der Waals surface area contributed by atoms with Crippen LogP contribution >= 0.6 is 11.3 Å². The van der Waals surface area contributed by atoms with Gasteiger partial charge in [-0.15, -0.1) is 11.3 Å². The molecule has 5 nitrogen and oxygen atoms in total. The summed E-state index contributed by atoms with van der Waals surface area (Å²) in [4.78, 5) is 34.6. The fraction of sp³-hybridized carbons (Fsp3) is 0.419. The van der Waals surface area contributed by atoms with Gasteiger partial charge in [0.2, 0.25) is 11.8 Å². The summed E-state index contributed by atoms with van der Waals surface area (Å²) in [6.45, 7) is 6.20. The number of carbonyl (C=O) groups excluding carboxylic acids is 2. The van der Waals surface area contributed by atoms with Crippen molar-refractivity contribution in [3.05, 3.63) is 93.2 Å². The summed E-state index contributed by atoms with van der Waals surface area (Å²) in [6.07, 6.45) is 2.78. The number of hydrogen-bond acceptors (Lipinski definition) is 4. The maximum atomic E-state index is 13.6. The Labute approximate surface area is 223 Å². The Morgan fingerprint density at radius 2 is 1.62 bits per heavy atom. The third-order valence-corrected chi connectivity index (χ3v) is 9.38. The Balaban J connectivity index is 1.10. The molecule has 3 aliphatic rings. The third-order valence-electron chi connectivity index (χ3n) is 8.38. The van der Waals surface area contributed by atoms with Crippen molar-refractivity contribution in [2.75, 3.05) is 39.3 Å². The molecule has 1 aliphatic carbocycles. The van der Waals surface area contributed by atoms with Crippen LogP contribution in [0.25, 0.3) is 0 Å². The zero-order valence-electron chi connectivity index (χ0n) is 21.5. The Bertz CT molecular complexity index is 1270. The van der Waals surface area contributed by atoms with Crippen molar-refractivity contribution < 1.29 is 9.59 Å². The lowest BCUT2D eigenvalue weighted by atomic mass is 9.90. The molecule has 2 aliphatic heterocycles. The van der Waals surface area contributed by atoms with Gasteiger partial charge in [-0.3, -0.25) is 14.5 Å². The summed E-state index contributed by atoms with van der Waals surface area (Å²) < 4.78 is 0. The van der Waals surface area contributed by atoms with Crippen molar-refractivity contribution in [3.8, 4) is 0 Å². The normalized spacial score (nSPS) is 23.9. The molecule has 1 aromatic heterocycles. The van der Waals surface area contributed by atoms with Crippen LogP contribution < -0.4 is 0 Å². The molecule has 6 heteroatoms. The van der Waals surface area contributed by atoms with Gasteiger partial charge in [-0.1, -0.05) is 54.6 Å². The average Bonchev–Trinajstić information content (AvgIpc) is 3.65. The third kappa shape index (κ3) is 4.97. The first-order valence-corrected chi connectivity index (χ1v) is 14.5. The van der Waals surface area contributed by atoms with E-state index in [2.05, 4.69) is 71.8 Å². The van der Waals surface area contributed by atoms with Crippen LogP contribution in [0.2, 0.25) is 0 Å². The zero-order valence-corrected chi connectivity index (χ0v) is 22.3. The molecule has 6 rings (SSSR count). The first kappa shape index (κ1) is 24.4. The maximum absolute atomic E-state index is 13.6. The van der Waals surface area contributed by atoms with E-state index in [4.69, 9.17) is 0 Å². The highest BCUT2D eigenvalue weighted by Crippen LogP contribution is 2.48. The highest BCUT2D eigenvalue weighted by Gasteiger charge is 2.45. The first-order valence-electron chi connectivity index (χ1n) is 13.6. The molecule has 2 unspecified atom stereocenters. The number of rotatable bonds is 5. The van der Waals surface area contributed by atoms with Gasteiger partial charge in [0.1, 0.15) is 0 Å². The van der Waals surface area contributed by atoms with Crippen LogP contribution in [0.4, 0.5) is 0 Å². The van der Waals surface area contributed by atoms with Crippen molar-refractivity contribution >= 4 is 23.2 Å². The lowest BCUT2D eigenvalue weighted by Gasteiger charge is -2.37. The van der Waals surface area contributed by atoms with E-state index in [0.717, 1.165) is 38.9 Å². The van der Waals surface area contributed by atoms with Gasteiger partial charge in [0.05, 0.1) is 12.6 Å². The number of fused-ring (bicyclic) bond motifs is 1. The molecule has 2 fully saturated rings. The van der Waals surface area contributed by atoms with E-state index in [1.165, 1.54) is 27.1 Å². The summed E-state index contributed by atoms with van der Waals surface area (Å²) in [6, 6.07) is 21.3. The van der Waals surface area contributed by atoms with Gasteiger partial charge in [0.15, 0.2) is 0 Å². The van der Waals surface area contributed by atoms with Crippen LogP contribution in [-0.4, -0.2) is 65.8 Å². The SMILES string of the molecule is Cc1ccccc1C1c2ccsc2CCN1CC(=O)N1CCCN(C(=O)C2C[C@H]2c2ccccc2)CC1. The second kappa shape index (κ2) is 10.4. The van der Waals surface area contributed by atoms with Gasteiger partial charge in [0, 0.05) is 43.5 Å². The molecule has 0 bridgehead atoms. The summed E-state index contributed by atoms with van der Waals surface area (Å²) in [7, 11) is 0. The Morgan fingerprint density at radius 3 is 2.46 bits per heavy atom. The van der Waals surface area contributed by atoms with Gasteiger partial charge in [0.25, 0.3) is 0 Å². The van der Waals surface area contributed by atoms with Crippen molar-refractivity contribution in [1.29, 1.82) is 0 Å². The Morgan fingerprint density at radius 1 is 0.865 bits per heavy atom. The van der Waals surface area contributed by atoms with E-state index in [9.17, 15) is 9.59 Å². The van der Waals surface area contributed by atoms with Gasteiger partial charge in [-0.05, 0) is 65.8 Å². The van der Waals surface area contributed by atoms with E-state index in [1.54, 1.807) is 0 Å². The molecular weight excluding hydrogens is 478 g/mol. The largest absolute Gasteiger partial charge is 0.341 e.